The molecule has 3 heteroatoms. The van der Waals surface area contributed by atoms with Crippen LogP contribution in [0.4, 0.5) is 0 Å². The second-order valence-corrected chi connectivity index (χ2v) is 9.88. The van der Waals surface area contributed by atoms with E-state index in [0.29, 0.717) is 17.5 Å². The molecule has 3 nitrogen and oxygen atoms in total. The molecule has 1 aromatic heterocycles. The Kier molecular flexibility index (Phi) is 9.26. The summed E-state index contributed by atoms with van der Waals surface area (Å²) >= 11 is 0. The molecular formula is C40H33N3. The number of nitrogens with zero attached hydrogens (tertiary/aromatic N) is 3. The summed E-state index contributed by atoms with van der Waals surface area (Å²) in [4.78, 5) is 14.7. The maximum absolute atomic E-state index is 4.96. The summed E-state index contributed by atoms with van der Waals surface area (Å²) in [6.07, 6.45) is 13.3. The highest BCUT2D eigenvalue weighted by molar-refractivity contribution is 5.86. The molecule has 0 fully saturated rings. The summed E-state index contributed by atoms with van der Waals surface area (Å²) < 4.78 is 0. The zero-order chi connectivity index (χ0) is 30.0. The van der Waals surface area contributed by atoms with Crippen LogP contribution in [0.5, 0.6) is 0 Å². The number of benzene rings is 4. The first-order valence-electron chi connectivity index (χ1n) is 14.1. The third-order valence-electron chi connectivity index (χ3n) is 7.11. The van der Waals surface area contributed by atoms with Crippen molar-refractivity contribution >= 4 is 17.2 Å². The van der Waals surface area contributed by atoms with E-state index >= 15 is 0 Å². The van der Waals surface area contributed by atoms with E-state index in [1.807, 2.05) is 91.1 Å². The van der Waals surface area contributed by atoms with Crippen molar-refractivity contribution in [3.8, 4) is 33.9 Å². The summed E-state index contributed by atoms with van der Waals surface area (Å²) in [5, 5.41) is 0. The first-order chi connectivity index (χ1) is 21.1. The Hall–Kier alpha value is -5.67. The van der Waals surface area contributed by atoms with Crippen LogP contribution in [-0.2, 0) is 0 Å². The lowest BCUT2D eigenvalue weighted by molar-refractivity contribution is 1.04. The molecule has 43 heavy (non-hydrogen) atoms. The Labute approximate surface area is 254 Å². The van der Waals surface area contributed by atoms with Gasteiger partial charge in [0, 0.05) is 11.1 Å². The lowest BCUT2D eigenvalue weighted by Gasteiger charge is -2.16. The molecule has 0 spiro atoms. The minimum absolute atomic E-state index is 0.561. The highest BCUT2D eigenvalue weighted by Gasteiger charge is 2.16. The smallest absolute Gasteiger partial charge is 0.164 e. The lowest BCUT2D eigenvalue weighted by Crippen LogP contribution is -2.01. The molecule has 0 N–H and O–H groups in total. The topological polar surface area (TPSA) is 38.7 Å². The fraction of sp³-hybridized carbons (Fsp3) is 0.0250. The number of rotatable bonds is 10. The molecule has 0 saturated heterocycles. The van der Waals surface area contributed by atoms with E-state index in [9.17, 15) is 0 Å². The largest absolute Gasteiger partial charge is 0.209 e. The van der Waals surface area contributed by atoms with Gasteiger partial charge in [-0.25, -0.2) is 15.0 Å². The summed E-state index contributed by atoms with van der Waals surface area (Å²) in [6.45, 7) is 14.1. The van der Waals surface area contributed by atoms with Gasteiger partial charge in [-0.05, 0) is 64.1 Å². The van der Waals surface area contributed by atoms with Crippen LogP contribution < -0.4 is 0 Å². The Morgan fingerprint density at radius 1 is 0.605 bits per heavy atom. The third kappa shape index (κ3) is 6.80. The van der Waals surface area contributed by atoms with Crippen molar-refractivity contribution in [1.82, 2.24) is 15.0 Å². The number of hydrogen-bond acceptors (Lipinski definition) is 3. The van der Waals surface area contributed by atoms with Crippen LogP contribution in [0.25, 0.3) is 51.1 Å². The molecule has 0 bridgehead atoms. The van der Waals surface area contributed by atoms with Gasteiger partial charge in [0.15, 0.2) is 17.5 Å². The maximum atomic E-state index is 4.96. The Balaban J connectivity index is 1.69. The summed E-state index contributed by atoms with van der Waals surface area (Å²) in [5.74, 6) is 1.76. The molecule has 1 heterocycles. The van der Waals surface area contributed by atoms with Gasteiger partial charge in [0.1, 0.15) is 0 Å². The van der Waals surface area contributed by atoms with Crippen LogP contribution >= 0.6 is 0 Å². The highest BCUT2D eigenvalue weighted by atomic mass is 15.0. The molecular weight excluding hydrogens is 522 g/mol. The standard InChI is InChI=1S/C40H33N3/c1-5-18-31(7-3)36-27-35(28-37(29(36)4)33-21-13-9-14-22-33)40-42-38(41-39(43-40)34-23-15-10-16-24-34)26-17-25-30(6-2)32-19-11-8-12-20-32/h5-28H,1-3H2,4H3/b26-17+,30-25+,31-18+. The zero-order valence-electron chi connectivity index (χ0n) is 24.3. The predicted molar refractivity (Wildman–Crippen MR) is 183 cm³/mol. The quantitative estimate of drug-likeness (QED) is 0.161. The monoisotopic (exact) mass is 555 g/mol. The Bertz CT molecular complexity index is 1850. The van der Waals surface area contributed by atoms with E-state index < -0.39 is 0 Å². The van der Waals surface area contributed by atoms with Crippen LogP contribution in [0.2, 0.25) is 0 Å². The van der Waals surface area contributed by atoms with Crippen LogP contribution in [0.15, 0.2) is 159 Å². The molecule has 0 amide bonds. The number of allylic oxidation sites excluding steroid dienone is 8. The molecule has 0 radical (unpaired) electrons. The molecule has 208 valence electrons. The minimum Gasteiger partial charge on any atom is -0.209 e. The molecule has 0 aliphatic heterocycles. The Morgan fingerprint density at radius 2 is 1.19 bits per heavy atom. The molecule has 0 atom stereocenters. The molecule has 0 saturated carbocycles. The van der Waals surface area contributed by atoms with Crippen LogP contribution in [0.3, 0.4) is 0 Å². The normalized spacial score (nSPS) is 11.8. The van der Waals surface area contributed by atoms with E-state index in [-0.39, 0.29) is 0 Å². The van der Waals surface area contributed by atoms with Gasteiger partial charge in [0.2, 0.25) is 0 Å². The zero-order valence-corrected chi connectivity index (χ0v) is 24.3. The van der Waals surface area contributed by atoms with Crippen molar-refractivity contribution in [2.75, 3.05) is 0 Å². The highest BCUT2D eigenvalue weighted by Crippen LogP contribution is 2.35. The minimum atomic E-state index is 0.561. The summed E-state index contributed by atoms with van der Waals surface area (Å²) in [6, 6.07) is 34.8. The fourth-order valence-corrected chi connectivity index (χ4v) is 4.92. The van der Waals surface area contributed by atoms with Crippen LogP contribution in [0.1, 0.15) is 22.5 Å². The molecule has 4 aromatic carbocycles. The molecule has 5 rings (SSSR count). The van der Waals surface area contributed by atoms with Crippen molar-refractivity contribution in [2.24, 2.45) is 0 Å². The molecule has 5 aromatic rings. The van der Waals surface area contributed by atoms with E-state index in [2.05, 4.69) is 75.2 Å². The van der Waals surface area contributed by atoms with Crippen LogP contribution in [-0.4, -0.2) is 15.0 Å². The van der Waals surface area contributed by atoms with Gasteiger partial charge >= 0.3 is 0 Å². The Morgan fingerprint density at radius 3 is 1.79 bits per heavy atom. The third-order valence-corrected chi connectivity index (χ3v) is 7.11. The van der Waals surface area contributed by atoms with Gasteiger partial charge in [-0.3, -0.25) is 0 Å². The van der Waals surface area contributed by atoms with E-state index in [4.69, 9.17) is 15.0 Å². The number of aromatic nitrogens is 3. The van der Waals surface area contributed by atoms with E-state index in [1.165, 1.54) is 0 Å². The van der Waals surface area contributed by atoms with Crippen LogP contribution in [0, 0.1) is 6.92 Å². The van der Waals surface area contributed by atoms with Gasteiger partial charge in [-0.2, -0.15) is 0 Å². The van der Waals surface area contributed by atoms with E-state index in [0.717, 1.165) is 50.1 Å². The first kappa shape index (κ1) is 28.8. The van der Waals surface area contributed by atoms with Gasteiger partial charge in [-0.1, -0.05) is 147 Å². The van der Waals surface area contributed by atoms with Crippen molar-refractivity contribution in [2.45, 2.75) is 6.92 Å². The molecule has 0 unspecified atom stereocenters. The van der Waals surface area contributed by atoms with Gasteiger partial charge in [-0.15, -0.1) is 0 Å². The first-order valence-corrected chi connectivity index (χ1v) is 14.1. The maximum Gasteiger partial charge on any atom is 0.164 e. The van der Waals surface area contributed by atoms with Gasteiger partial charge < -0.3 is 0 Å². The lowest BCUT2D eigenvalue weighted by atomic mass is 9.90. The second kappa shape index (κ2) is 13.8. The van der Waals surface area contributed by atoms with Gasteiger partial charge in [0.05, 0.1) is 0 Å². The van der Waals surface area contributed by atoms with Gasteiger partial charge in [0.25, 0.3) is 0 Å². The number of hydrogen-bond donors (Lipinski definition) is 0. The SMILES string of the molecule is C=C/C=C(\C=C)c1cc(-c2nc(/C=C/C=C(\C=C)c3ccccc3)nc(-c3ccccc3)n2)cc(-c2ccccc2)c1C. The predicted octanol–water partition coefficient (Wildman–Crippen LogP) is 10.2. The molecule has 0 aliphatic rings. The summed E-state index contributed by atoms with van der Waals surface area (Å²) in [5.41, 5.74) is 9.29. The summed E-state index contributed by atoms with van der Waals surface area (Å²) in [7, 11) is 0. The average molecular weight is 556 g/mol. The van der Waals surface area contributed by atoms with Crippen molar-refractivity contribution in [3.05, 3.63) is 182 Å². The van der Waals surface area contributed by atoms with Crippen molar-refractivity contribution in [3.63, 3.8) is 0 Å². The second-order valence-electron chi connectivity index (χ2n) is 9.88. The fourth-order valence-electron chi connectivity index (χ4n) is 4.92. The van der Waals surface area contributed by atoms with Crippen molar-refractivity contribution < 1.29 is 0 Å². The van der Waals surface area contributed by atoms with Crippen molar-refractivity contribution in [1.29, 1.82) is 0 Å². The van der Waals surface area contributed by atoms with E-state index in [1.54, 1.807) is 6.08 Å². The molecule has 0 aliphatic carbocycles. The average Bonchev–Trinajstić information content (AvgIpc) is 3.07.